The first-order valence-electron chi connectivity index (χ1n) is 6.60. The maximum atomic E-state index is 12.7. The Kier molecular flexibility index (Phi) is 4.17. The van der Waals surface area contributed by atoms with E-state index in [1.54, 1.807) is 30.3 Å². The highest BCUT2D eigenvalue weighted by Crippen LogP contribution is 2.29. The second-order valence-electron chi connectivity index (χ2n) is 6.13. The summed E-state index contributed by atoms with van der Waals surface area (Å²) in [5.74, 6) is -0.214. The smallest absolute Gasteiger partial charge is 0.232 e. The van der Waals surface area contributed by atoms with Crippen molar-refractivity contribution in [2.45, 2.75) is 26.8 Å². The molecule has 1 aromatic carbocycles. The third-order valence-electron chi connectivity index (χ3n) is 3.21. The highest BCUT2D eigenvalue weighted by Gasteiger charge is 2.36. The highest BCUT2D eigenvalue weighted by atomic mass is 35.5. The molecule has 1 atom stereocenters. The fourth-order valence-corrected chi connectivity index (χ4v) is 3.54. The van der Waals surface area contributed by atoms with Crippen LogP contribution in [0.15, 0.2) is 35.7 Å². The maximum Gasteiger partial charge on any atom is 0.232 e. The van der Waals surface area contributed by atoms with E-state index in [9.17, 15) is 13.2 Å². The lowest BCUT2D eigenvalue weighted by atomic mass is 9.93. The number of amides is 1. The Balaban J connectivity index is 2.43. The highest BCUT2D eigenvalue weighted by molar-refractivity contribution is 7.94. The van der Waals surface area contributed by atoms with Gasteiger partial charge in [0.2, 0.25) is 5.91 Å². The van der Waals surface area contributed by atoms with E-state index >= 15 is 0 Å². The lowest BCUT2D eigenvalue weighted by Gasteiger charge is -2.33. The Morgan fingerprint density at radius 1 is 1.24 bits per heavy atom. The van der Waals surface area contributed by atoms with Crippen molar-refractivity contribution in [3.63, 3.8) is 0 Å². The van der Waals surface area contributed by atoms with Crippen molar-refractivity contribution in [2.24, 2.45) is 5.41 Å². The molecular formula is C15H18ClNO3S. The molecule has 21 heavy (non-hydrogen) atoms. The van der Waals surface area contributed by atoms with Gasteiger partial charge < -0.3 is 4.90 Å². The summed E-state index contributed by atoms with van der Waals surface area (Å²) in [7, 11) is -3.24. The average molecular weight is 328 g/mol. The Labute approximate surface area is 130 Å². The zero-order chi connectivity index (χ0) is 15.8. The van der Waals surface area contributed by atoms with Crippen LogP contribution in [-0.4, -0.2) is 26.1 Å². The van der Waals surface area contributed by atoms with Gasteiger partial charge in [0, 0.05) is 21.5 Å². The molecule has 1 aliphatic rings. The number of carbonyl (C=O) groups is 1. The maximum absolute atomic E-state index is 12.7. The summed E-state index contributed by atoms with van der Waals surface area (Å²) in [6.45, 7) is 5.43. The first kappa shape index (κ1) is 16.0. The average Bonchev–Trinajstić information content (AvgIpc) is 2.71. The summed E-state index contributed by atoms with van der Waals surface area (Å²) < 4.78 is 23.3. The van der Waals surface area contributed by atoms with Gasteiger partial charge in [0.15, 0.2) is 9.84 Å². The van der Waals surface area contributed by atoms with Crippen molar-refractivity contribution in [3.05, 3.63) is 40.8 Å². The number of rotatable bonds is 2. The number of benzene rings is 1. The SMILES string of the molecule is CC(C)(C)C(=O)N(c1ccc(Cl)cc1)[C@H]1C=CS(=O)(=O)C1. The van der Waals surface area contributed by atoms with Crippen molar-refractivity contribution in [3.8, 4) is 0 Å². The molecule has 4 nitrogen and oxygen atoms in total. The monoisotopic (exact) mass is 327 g/mol. The Morgan fingerprint density at radius 3 is 2.24 bits per heavy atom. The van der Waals surface area contributed by atoms with E-state index in [1.807, 2.05) is 20.8 Å². The molecule has 0 saturated heterocycles. The molecule has 1 heterocycles. The Hall–Kier alpha value is -1.33. The van der Waals surface area contributed by atoms with E-state index in [2.05, 4.69) is 0 Å². The molecule has 2 rings (SSSR count). The molecule has 0 N–H and O–H groups in total. The normalized spacial score (nSPS) is 20.5. The molecule has 6 heteroatoms. The summed E-state index contributed by atoms with van der Waals surface area (Å²) in [5.41, 5.74) is 0.0332. The second kappa shape index (κ2) is 5.46. The minimum atomic E-state index is -3.24. The van der Waals surface area contributed by atoms with E-state index in [-0.39, 0.29) is 11.7 Å². The van der Waals surface area contributed by atoms with Crippen LogP contribution in [0.3, 0.4) is 0 Å². The van der Waals surface area contributed by atoms with Crippen molar-refractivity contribution < 1.29 is 13.2 Å². The van der Waals surface area contributed by atoms with Crippen LogP contribution in [0.5, 0.6) is 0 Å². The molecule has 0 aliphatic carbocycles. The van der Waals surface area contributed by atoms with E-state index in [4.69, 9.17) is 11.6 Å². The number of anilines is 1. The summed E-state index contributed by atoms with van der Waals surface area (Å²) in [5, 5.41) is 1.74. The molecule has 1 aliphatic heterocycles. The lowest BCUT2D eigenvalue weighted by Crippen LogP contribution is -2.46. The molecular weight excluding hydrogens is 310 g/mol. The molecule has 0 radical (unpaired) electrons. The second-order valence-corrected chi connectivity index (χ2v) is 8.49. The van der Waals surface area contributed by atoms with Crippen molar-refractivity contribution in [1.29, 1.82) is 0 Å². The van der Waals surface area contributed by atoms with Gasteiger partial charge in [0.05, 0.1) is 11.8 Å². The van der Waals surface area contributed by atoms with Crippen LogP contribution in [0.4, 0.5) is 5.69 Å². The number of nitrogens with zero attached hydrogens (tertiary/aromatic N) is 1. The largest absolute Gasteiger partial charge is 0.304 e. The van der Waals surface area contributed by atoms with Crippen molar-refractivity contribution in [1.82, 2.24) is 0 Å². The predicted molar refractivity (Wildman–Crippen MR) is 85.1 cm³/mol. The molecule has 0 saturated carbocycles. The van der Waals surface area contributed by atoms with E-state index < -0.39 is 21.3 Å². The van der Waals surface area contributed by atoms with Crippen LogP contribution in [0.2, 0.25) is 5.02 Å². The van der Waals surface area contributed by atoms with E-state index in [0.29, 0.717) is 10.7 Å². The first-order chi connectivity index (χ1) is 9.60. The van der Waals surface area contributed by atoms with Gasteiger partial charge in [-0.3, -0.25) is 4.79 Å². The van der Waals surface area contributed by atoms with Crippen LogP contribution in [0.1, 0.15) is 20.8 Å². The summed E-state index contributed by atoms with van der Waals surface area (Å²) in [4.78, 5) is 14.3. The number of carbonyl (C=O) groups excluding carboxylic acids is 1. The van der Waals surface area contributed by atoms with Crippen LogP contribution in [-0.2, 0) is 14.6 Å². The zero-order valence-electron chi connectivity index (χ0n) is 12.2. The molecule has 0 unspecified atom stereocenters. The van der Waals surface area contributed by atoms with Crippen LogP contribution >= 0.6 is 11.6 Å². The lowest BCUT2D eigenvalue weighted by molar-refractivity contribution is -0.126. The van der Waals surface area contributed by atoms with Gasteiger partial charge in [-0.1, -0.05) is 32.4 Å². The Bertz CT molecular complexity index is 672. The van der Waals surface area contributed by atoms with E-state index in [0.717, 1.165) is 0 Å². The molecule has 114 valence electrons. The van der Waals surface area contributed by atoms with E-state index in [1.165, 1.54) is 10.3 Å². The van der Waals surface area contributed by atoms with Crippen molar-refractivity contribution >= 4 is 33.0 Å². The van der Waals surface area contributed by atoms with Crippen LogP contribution < -0.4 is 4.90 Å². The van der Waals surface area contributed by atoms with Gasteiger partial charge in [-0.05, 0) is 30.3 Å². The minimum absolute atomic E-state index is 0.0859. The van der Waals surface area contributed by atoms with Gasteiger partial charge in [-0.25, -0.2) is 8.42 Å². The molecule has 1 amide bonds. The minimum Gasteiger partial charge on any atom is -0.304 e. The standard InChI is InChI=1S/C15H18ClNO3S/c1-15(2,3)14(18)17(12-6-4-11(16)5-7-12)13-8-9-21(19,20)10-13/h4-9,13H,10H2,1-3H3/t13-/m0/s1. The van der Waals surface area contributed by atoms with Crippen molar-refractivity contribution in [2.75, 3.05) is 10.7 Å². The number of halogens is 1. The van der Waals surface area contributed by atoms with Gasteiger partial charge in [-0.15, -0.1) is 0 Å². The van der Waals surface area contributed by atoms with Crippen LogP contribution in [0, 0.1) is 5.41 Å². The molecule has 0 fully saturated rings. The van der Waals surface area contributed by atoms with Crippen LogP contribution in [0.25, 0.3) is 0 Å². The summed E-state index contributed by atoms with van der Waals surface area (Å²) in [6, 6.07) is 6.35. The third-order valence-corrected chi connectivity index (χ3v) is 4.84. The quantitative estimate of drug-likeness (QED) is 0.839. The topological polar surface area (TPSA) is 54.5 Å². The summed E-state index contributed by atoms with van der Waals surface area (Å²) in [6.07, 6.45) is 1.56. The Morgan fingerprint density at radius 2 is 1.81 bits per heavy atom. The third kappa shape index (κ3) is 3.66. The number of hydrogen-bond acceptors (Lipinski definition) is 3. The molecule has 0 aromatic heterocycles. The first-order valence-corrected chi connectivity index (χ1v) is 8.70. The molecule has 1 aromatic rings. The number of hydrogen-bond donors (Lipinski definition) is 0. The van der Waals surface area contributed by atoms with Gasteiger partial charge >= 0.3 is 0 Å². The van der Waals surface area contributed by atoms with Gasteiger partial charge in [-0.2, -0.15) is 0 Å². The molecule has 0 spiro atoms. The van der Waals surface area contributed by atoms with Gasteiger partial charge in [0.25, 0.3) is 0 Å². The van der Waals surface area contributed by atoms with Gasteiger partial charge in [0.1, 0.15) is 0 Å². The number of sulfone groups is 1. The fourth-order valence-electron chi connectivity index (χ4n) is 2.14. The fraction of sp³-hybridized carbons (Fsp3) is 0.400. The molecule has 0 bridgehead atoms. The summed E-state index contributed by atoms with van der Waals surface area (Å²) >= 11 is 5.88. The predicted octanol–water partition coefficient (Wildman–Crippen LogP) is 3.03. The zero-order valence-corrected chi connectivity index (χ0v) is 13.8.